The fourth-order valence-corrected chi connectivity index (χ4v) is 3.42. The number of aryl methyl sites for hydroxylation is 1. The van der Waals surface area contributed by atoms with E-state index >= 15 is 0 Å². The van der Waals surface area contributed by atoms with Gasteiger partial charge in [-0.2, -0.15) is 5.10 Å². The number of nitrogens with one attached hydrogen (secondary N) is 2. The number of fused-ring (bicyclic) bond motifs is 1. The van der Waals surface area contributed by atoms with E-state index in [9.17, 15) is 0 Å². The first-order valence-electron chi connectivity index (χ1n) is 10.2. The molecule has 0 aliphatic carbocycles. The van der Waals surface area contributed by atoms with Gasteiger partial charge in [0.2, 0.25) is 0 Å². The Morgan fingerprint density at radius 2 is 2.30 bits per heavy atom. The number of ether oxygens (including phenoxy) is 2. The summed E-state index contributed by atoms with van der Waals surface area (Å²) in [5.74, 6) is 3.84. The van der Waals surface area contributed by atoms with E-state index in [4.69, 9.17) is 9.47 Å². The molecule has 1 fully saturated rings. The predicted octanol–water partition coefficient (Wildman–Crippen LogP) is 1.32. The van der Waals surface area contributed by atoms with Crippen LogP contribution in [0.3, 0.4) is 0 Å². The van der Waals surface area contributed by atoms with Crippen LogP contribution in [0.15, 0.2) is 4.99 Å². The van der Waals surface area contributed by atoms with Crippen LogP contribution >= 0.6 is 0 Å². The first kappa shape index (κ1) is 20.1. The van der Waals surface area contributed by atoms with Gasteiger partial charge in [-0.15, -0.1) is 0 Å². The minimum atomic E-state index is 0.323. The Balaban J connectivity index is 1.33. The van der Waals surface area contributed by atoms with Crippen LogP contribution in [0.5, 0.6) is 0 Å². The Morgan fingerprint density at radius 1 is 1.41 bits per heavy atom. The highest BCUT2D eigenvalue weighted by atomic mass is 16.5. The lowest BCUT2D eigenvalue weighted by molar-refractivity contribution is 0.0888. The second-order valence-corrected chi connectivity index (χ2v) is 7.76. The summed E-state index contributed by atoms with van der Waals surface area (Å²) in [6.07, 6.45) is 4.09. The highest BCUT2D eigenvalue weighted by Gasteiger charge is 2.23. The summed E-state index contributed by atoms with van der Waals surface area (Å²) in [7, 11) is 1.81. The molecule has 1 aromatic rings. The highest BCUT2D eigenvalue weighted by molar-refractivity contribution is 5.79. The number of rotatable bonds is 8. The Labute approximate surface area is 162 Å². The second kappa shape index (κ2) is 10.0. The summed E-state index contributed by atoms with van der Waals surface area (Å²) in [6.45, 7) is 9.26. The lowest BCUT2D eigenvalue weighted by atomic mass is 10.1. The van der Waals surface area contributed by atoms with Crippen molar-refractivity contribution in [2.75, 3.05) is 40.0 Å². The molecule has 8 nitrogen and oxygen atoms in total. The van der Waals surface area contributed by atoms with Gasteiger partial charge < -0.3 is 20.1 Å². The topological polar surface area (TPSA) is 85.6 Å². The average Bonchev–Trinajstić information content (AvgIpc) is 3.32. The van der Waals surface area contributed by atoms with Crippen molar-refractivity contribution < 1.29 is 9.47 Å². The van der Waals surface area contributed by atoms with Gasteiger partial charge in [-0.25, -0.2) is 9.67 Å². The third-order valence-corrected chi connectivity index (χ3v) is 5.09. The van der Waals surface area contributed by atoms with Gasteiger partial charge in [-0.05, 0) is 19.3 Å². The van der Waals surface area contributed by atoms with E-state index in [1.807, 2.05) is 11.7 Å². The number of nitrogens with zero attached hydrogens (tertiary/aromatic N) is 4. The predicted molar refractivity (Wildman–Crippen MR) is 105 cm³/mol. The number of aromatic nitrogens is 3. The molecule has 0 spiro atoms. The van der Waals surface area contributed by atoms with Crippen molar-refractivity contribution in [3.05, 3.63) is 11.6 Å². The SMILES string of the molecule is CN=C(NCCCOCC1CCOC1)NC1CCc2nc(C(C)C)nn2C1. The van der Waals surface area contributed by atoms with Crippen LogP contribution in [0, 0.1) is 5.92 Å². The number of aliphatic imine (C=N–C) groups is 1. The zero-order valence-electron chi connectivity index (χ0n) is 16.9. The molecule has 1 aromatic heterocycles. The molecule has 1 saturated heterocycles. The molecule has 2 N–H and O–H groups in total. The molecule has 152 valence electrons. The van der Waals surface area contributed by atoms with Gasteiger partial charge in [-0.1, -0.05) is 13.8 Å². The Hall–Kier alpha value is -1.67. The van der Waals surface area contributed by atoms with Crippen LogP contribution < -0.4 is 10.6 Å². The summed E-state index contributed by atoms with van der Waals surface area (Å²) in [4.78, 5) is 8.99. The van der Waals surface area contributed by atoms with Gasteiger partial charge in [0.25, 0.3) is 0 Å². The summed E-state index contributed by atoms with van der Waals surface area (Å²) in [6, 6.07) is 0.323. The second-order valence-electron chi connectivity index (χ2n) is 7.76. The van der Waals surface area contributed by atoms with E-state index in [-0.39, 0.29) is 0 Å². The van der Waals surface area contributed by atoms with Crippen molar-refractivity contribution in [3.8, 4) is 0 Å². The maximum absolute atomic E-state index is 5.74. The van der Waals surface area contributed by atoms with E-state index in [0.29, 0.717) is 17.9 Å². The molecule has 0 amide bonds. The fraction of sp³-hybridized carbons (Fsp3) is 0.842. The monoisotopic (exact) mass is 378 g/mol. The van der Waals surface area contributed by atoms with Crippen LogP contribution in [0.1, 0.15) is 50.7 Å². The lowest BCUT2D eigenvalue weighted by Crippen LogP contribution is -2.47. The van der Waals surface area contributed by atoms with Gasteiger partial charge in [0.1, 0.15) is 5.82 Å². The van der Waals surface area contributed by atoms with Gasteiger partial charge in [-0.3, -0.25) is 4.99 Å². The van der Waals surface area contributed by atoms with Crippen molar-refractivity contribution in [2.24, 2.45) is 10.9 Å². The molecule has 3 rings (SSSR count). The highest BCUT2D eigenvalue weighted by Crippen LogP contribution is 2.17. The van der Waals surface area contributed by atoms with Crippen LogP contribution in [-0.2, 0) is 22.4 Å². The lowest BCUT2D eigenvalue weighted by Gasteiger charge is -2.25. The number of guanidine groups is 1. The molecule has 27 heavy (non-hydrogen) atoms. The molecular weight excluding hydrogens is 344 g/mol. The maximum Gasteiger partial charge on any atom is 0.191 e. The quantitative estimate of drug-likeness (QED) is 0.403. The number of hydrogen-bond acceptors (Lipinski definition) is 5. The Kier molecular flexibility index (Phi) is 7.46. The van der Waals surface area contributed by atoms with Crippen LogP contribution in [0.25, 0.3) is 0 Å². The van der Waals surface area contributed by atoms with Crippen molar-refractivity contribution >= 4 is 5.96 Å². The fourth-order valence-electron chi connectivity index (χ4n) is 3.42. The van der Waals surface area contributed by atoms with Crippen molar-refractivity contribution in [3.63, 3.8) is 0 Å². The Morgan fingerprint density at radius 3 is 3.04 bits per heavy atom. The Bertz CT molecular complexity index is 609. The average molecular weight is 379 g/mol. The van der Waals surface area contributed by atoms with E-state index in [0.717, 1.165) is 82.8 Å². The van der Waals surface area contributed by atoms with E-state index in [1.54, 1.807) is 0 Å². The first-order chi connectivity index (χ1) is 13.2. The zero-order chi connectivity index (χ0) is 19.1. The largest absolute Gasteiger partial charge is 0.381 e. The van der Waals surface area contributed by atoms with Gasteiger partial charge in [0.05, 0.1) is 19.8 Å². The maximum atomic E-state index is 5.74. The minimum Gasteiger partial charge on any atom is -0.381 e. The summed E-state index contributed by atoms with van der Waals surface area (Å²) in [5, 5.41) is 11.5. The molecular formula is C19H34N6O2. The standard InChI is InChI=1S/C19H34N6O2/c1-14(2)18-23-17-6-5-16(11-25(17)24-18)22-19(20-3)21-8-4-9-26-12-15-7-10-27-13-15/h14-16H,4-13H2,1-3H3,(H2,20,21,22). The third kappa shape index (κ3) is 5.90. The molecule has 0 radical (unpaired) electrons. The molecule has 0 saturated carbocycles. The van der Waals surface area contributed by atoms with Crippen LogP contribution in [0.4, 0.5) is 0 Å². The van der Waals surface area contributed by atoms with E-state index in [1.165, 1.54) is 0 Å². The molecule has 0 aromatic carbocycles. The third-order valence-electron chi connectivity index (χ3n) is 5.09. The van der Waals surface area contributed by atoms with E-state index in [2.05, 4.69) is 39.6 Å². The molecule has 0 bridgehead atoms. The molecule has 2 unspecified atom stereocenters. The van der Waals surface area contributed by atoms with Gasteiger partial charge >= 0.3 is 0 Å². The summed E-state index contributed by atoms with van der Waals surface area (Å²) >= 11 is 0. The normalized spacial score (nSPS) is 22.9. The van der Waals surface area contributed by atoms with Gasteiger partial charge in [0.15, 0.2) is 11.8 Å². The molecule has 2 aliphatic rings. The van der Waals surface area contributed by atoms with Crippen LogP contribution in [0.2, 0.25) is 0 Å². The summed E-state index contributed by atoms with van der Waals surface area (Å²) < 4.78 is 13.2. The molecule has 8 heteroatoms. The zero-order valence-corrected chi connectivity index (χ0v) is 16.9. The first-order valence-corrected chi connectivity index (χ1v) is 10.2. The summed E-state index contributed by atoms with van der Waals surface area (Å²) in [5.41, 5.74) is 0. The minimum absolute atomic E-state index is 0.323. The van der Waals surface area contributed by atoms with E-state index < -0.39 is 0 Å². The smallest absolute Gasteiger partial charge is 0.191 e. The van der Waals surface area contributed by atoms with Crippen LogP contribution in [-0.4, -0.2) is 66.8 Å². The van der Waals surface area contributed by atoms with Gasteiger partial charge in [0, 0.05) is 51.1 Å². The van der Waals surface area contributed by atoms with Crippen molar-refractivity contribution in [1.29, 1.82) is 0 Å². The van der Waals surface area contributed by atoms with Crippen molar-refractivity contribution in [1.82, 2.24) is 25.4 Å². The van der Waals surface area contributed by atoms with Crippen molar-refractivity contribution in [2.45, 2.75) is 58.0 Å². The molecule has 2 atom stereocenters. The number of hydrogen-bond donors (Lipinski definition) is 2. The molecule has 2 aliphatic heterocycles. The molecule has 3 heterocycles.